The molecule has 0 aromatic heterocycles. The Hall–Kier alpha value is -1.59. The van der Waals surface area contributed by atoms with Gasteiger partial charge >= 0.3 is 5.97 Å². The van der Waals surface area contributed by atoms with Crippen molar-refractivity contribution in [1.82, 2.24) is 4.90 Å². The SMILES string of the molecule is CC1=NOC(COC(=O)CN2CCCCCCC2=O)C1. The monoisotopic (exact) mass is 282 g/mol. The van der Waals surface area contributed by atoms with Gasteiger partial charge in [0, 0.05) is 19.4 Å². The molecule has 112 valence electrons. The molecule has 2 aliphatic heterocycles. The van der Waals surface area contributed by atoms with Gasteiger partial charge < -0.3 is 14.5 Å². The van der Waals surface area contributed by atoms with Crippen LogP contribution in [0.5, 0.6) is 0 Å². The van der Waals surface area contributed by atoms with Gasteiger partial charge in [-0.3, -0.25) is 9.59 Å². The van der Waals surface area contributed by atoms with Crippen molar-refractivity contribution in [2.24, 2.45) is 5.16 Å². The van der Waals surface area contributed by atoms with Crippen molar-refractivity contribution in [1.29, 1.82) is 0 Å². The van der Waals surface area contributed by atoms with Crippen LogP contribution in [0.2, 0.25) is 0 Å². The molecule has 6 heteroatoms. The van der Waals surface area contributed by atoms with Gasteiger partial charge in [0.1, 0.15) is 13.2 Å². The van der Waals surface area contributed by atoms with Crippen molar-refractivity contribution < 1.29 is 19.2 Å². The van der Waals surface area contributed by atoms with Crippen LogP contribution in [0.4, 0.5) is 0 Å². The first-order chi connectivity index (χ1) is 9.65. The smallest absolute Gasteiger partial charge is 0.325 e. The zero-order valence-corrected chi connectivity index (χ0v) is 12.0. The van der Waals surface area contributed by atoms with Gasteiger partial charge in [0.25, 0.3) is 0 Å². The van der Waals surface area contributed by atoms with E-state index in [2.05, 4.69) is 5.16 Å². The molecule has 1 amide bonds. The van der Waals surface area contributed by atoms with E-state index in [4.69, 9.17) is 9.57 Å². The maximum absolute atomic E-state index is 11.9. The number of nitrogens with zero attached hydrogens (tertiary/aromatic N) is 2. The third kappa shape index (κ3) is 4.51. The number of likely N-dealkylation sites (tertiary alicyclic amines) is 1. The first-order valence-corrected chi connectivity index (χ1v) is 7.28. The van der Waals surface area contributed by atoms with Crippen molar-refractivity contribution in [2.45, 2.75) is 51.6 Å². The molecule has 6 nitrogen and oxygen atoms in total. The molecule has 1 unspecified atom stereocenters. The Morgan fingerprint density at radius 2 is 2.20 bits per heavy atom. The van der Waals surface area contributed by atoms with E-state index in [0.717, 1.165) is 31.4 Å². The molecule has 0 radical (unpaired) electrons. The predicted octanol–water partition coefficient (Wildman–Crippen LogP) is 1.49. The van der Waals surface area contributed by atoms with Gasteiger partial charge in [0.05, 0.1) is 5.71 Å². The zero-order chi connectivity index (χ0) is 14.4. The summed E-state index contributed by atoms with van der Waals surface area (Å²) in [6.45, 7) is 2.77. The van der Waals surface area contributed by atoms with E-state index in [1.54, 1.807) is 4.90 Å². The lowest BCUT2D eigenvalue weighted by atomic mass is 10.1. The predicted molar refractivity (Wildman–Crippen MR) is 73.2 cm³/mol. The molecule has 0 saturated carbocycles. The fourth-order valence-corrected chi connectivity index (χ4v) is 2.43. The number of hydrogen-bond acceptors (Lipinski definition) is 5. The molecular formula is C14H22N2O4. The number of rotatable bonds is 4. The molecule has 1 fully saturated rings. The van der Waals surface area contributed by atoms with Gasteiger partial charge in [-0.1, -0.05) is 18.0 Å². The molecular weight excluding hydrogens is 260 g/mol. The lowest BCUT2D eigenvalue weighted by Gasteiger charge is -2.24. The topological polar surface area (TPSA) is 68.2 Å². The first kappa shape index (κ1) is 14.8. The number of esters is 1. The molecule has 1 saturated heterocycles. The van der Waals surface area contributed by atoms with Crippen molar-refractivity contribution >= 4 is 17.6 Å². The van der Waals surface area contributed by atoms with Gasteiger partial charge in [-0.2, -0.15) is 0 Å². The standard InChI is InChI=1S/C14H22N2O4/c1-11-8-12(20-15-11)10-19-14(18)9-16-7-5-3-2-4-6-13(16)17/h12H,2-10H2,1H3. The number of oxime groups is 1. The highest BCUT2D eigenvalue weighted by Gasteiger charge is 2.22. The van der Waals surface area contributed by atoms with Crippen molar-refractivity contribution in [2.75, 3.05) is 19.7 Å². The fourth-order valence-electron chi connectivity index (χ4n) is 2.43. The molecule has 2 heterocycles. The van der Waals surface area contributed by atoms with Crippen LogP contribution in [0.3, 0.4) is 0 Å². The Morgan fingerprint density at radius 1 is 1.40 bits per heavy atom. The van der Waals surface area contributed by atoms with E-state index in [-0.39, 0.29) is 31.1 Å². The second-order valence-electron chi connectivity index (χ2n) is 5.42. The lowest BCUT2D eigenvalue weighted by molar-refractivity contribution is -0.152. The van der Waals surface area contributed by atoms with Crippen molar-refractivity contribution in [3.8, 4) is 0 Å². The summed E-state index contributed by atoms with van der Waals surface area (Å²) in [5, 5.41) is 3.81. The summed E-state index contributed by atoms with van der Waals surface area (Å²) in [7, 11) is 0. The molecule has 0 bridgehead atoms. The highest BCUT2D eigenvalue weighted by molar-refractivity contribution is 5.83. The van der Waals surface area contributed by atoms with Crippen LogP contribution < -0.4 is 0 Å². The number of ether oxygens (including phenoxy) is 1. The van der Waals surface area contributed by atoms with Crippen LogP contribution in [0.1, 0.15) is 45.4 Å². The summed E-state index contributed by atoms with van der Waals surface area (Å²) in [4.78, 5) is 30.4. The molecule has 0 aromatic carbocycles. The summed E-state index contributed by atoms with van der Waals surface area (Å²) >= 11 is 0. The molecule has 2 rings (SSSR count). The molecule has 0 spiro atoms. The Bertz CT molecular complexity index is 395. The average Bonchev–Trinajstić information content (AvgIpc) is 2.82. The van der Waals surface area contributed by atoms with Crippen LogP contribution in [0, 0.1) is 0 Å². The van der Waals surface area contributed by atoms with Gasteiger partial charge in [-0.25, -0.2) is 0 Å². The molecule has 2 aliphatic rings. The minimum absolute atomic E-state index is 0.0470. The zero-order valence-electron chi connectivity index (χ0n) is 12.0. The third-order valence-corrected chi connectivity index (χ3v) is 3.55. The summed E-state index contributed by atoms with van der Waals surface area (Å²) < 4.78 is 5.17. The quantitative estimate of drug-likeness (QED) is 0.733. The summed E-state index contributed by atoms with van der Waals surface area (Å²) in [6.07, 6.45) is 5.13. The second kappa shape index (κ2) is 7.26. The van der Waals surface area contributed by atoms with Crippen LogP contribution in [-0.4, -0.2) is 48.3 Å². The van der Waals surface area contributed by atoms with Crippen LogP contribution in [0.25, 0.3) is 0 Å². The Balaban J connectivity index is 1.71. The Labute approximate surface area is 119 Å². The van der Waals surface area contributed by atoms with E-state index >= 15 is 0 Å². The summed E-state index contributed by atoms with van der Waals surface area (Å²) in [5.41, 5.74) is 0.907. The normalized spacial score (nSPS) is 23.6. The van der Waals surface area contributed by atoms with Gasteiger partial charge in [-0.15, -0.1) is 0 Å². The molecule has 1 atom stereocenters. The maximum Gasteiger partial charge on any atom is 0.325 e. The van der Waals surface area contributed by atoms with Crippen LogP contribution in [0.15, 0.2) is 5.16 Å². The van der Waals surface area contributed by atoms with Gasteiger partial charge in [-0.05, 0) is 19.8 Å². The third-order valence-electron chi connectivity index (χ3n) is 3.55. The van der Waals surface area contributed by atoms with Crippen LogP contribution in [-0.2, 0) is 19.2 Å². The van der Waals surface area contributed by atoms with E-state index in [9.17, 15) is 9.59 Å². The molecule has 20 heavy (non-hydrogen) atoms. The fraction of sp³-hybridized carbons (Fsp3) is 0.786. The van der Waals surface area contributed by atoms with Gasteiger partial charge in [0.2, 0.25) is 5.91 Å². The minimum atomic E-state index is -0.368. The second-order valence-corrected chi connectivity index (χ2v) is 5.42. The highest BCUT2D eigenvalue weighted by atomic mass is 16.7. The maximum atomic E-state index is 11.9. The Kier molecular flexibility index (Phi) is 5.38. The number of carbonyl (C=O) groups is 2. The largest absolute Gasteiger partial charge is 0.460 e. The molecule has 0 aromatic rings. The average molecular weight is 282 g/mol. The van der Waals surface area contributed by atoms with Gasteiger partial charge in [0.15, 0.2) is 6.10 Å². The van der Waals surface area contributed by atoms with E-state index in [0.29, 0.717) is 19.4 Å². The molecule has 0 N–H and O–H groups in total. The van der Waals surface area contributed by atoms with E-state index in [1.807, 2.05) is 6.92 Å². The highest BCUT2D eigenvalue weighted by Crippen LogP contribution is 2.13. The van der Waals surface area contributed by atoms with E-state index in [1.165, 1.54) is 0 Å². The van der Waals surface area contributed by atoms with Crippen molar-refractivity contribution in [3.05, 3.63) is 0 Å². The minimum Gasteiger partial charge on any atom is -0.460 e. The number of amides is 1. The Morgan fingerprint density at radius 3 is 2.95 bits per heavy atom. The molecule has 0 aliphatic carbocycles. The first-order valence-electron chi connectivity index (χ1n) is 7.28. The summed E-state index contributed by atoms with van der Waals surface area (Å²) in [6, 6.07) is 0. The van der Waals surface area contributed by atoms with E-state index < -0.39 is 0 Å². The summed E-state index contributed by atoms with van der Waals surface area (Å²) in [5.74, 6) is -0.315. The lowest BCUT2D eigenvalue weighted by Crippen LogP contribution is -2.38. The van der Waals surface area contributed by atoms with Crippen molar-refractivity contribution in [3.63, 3.8) is 0 Å². The number of hydrogen-bond donors (Lipinski definition) is 0. The number of carbonyl (C=O) groups excluding carboxylic acids is 2. The van der Waals surface area contributed by atoms with Crippen LogP contribution >= 0.6 is 0 Å².